The molecule has 2 rings (SSSR count). The lowest BCUT2D eigenvalue weighted by Gasteiger charge is -2.01. The van der Waals surface area contributed by atoms with Crippen LogP contribution in [0.3, 0.4) is 0 Å². The molecule has 0 fully saturated rings. The molecule has 75 valence electrons. The molecule has 1 aromatic carbocycles. The summed E-state index contributed by atoms with van der Waals surface area (Å²) in [7, 11) is 0. The maximum Gasteiger partial charge on any atom is 0.248 e. The van der Waals surface area contributed by atoms with Crippen molar-refractivity contribution in [2.24, 2.45) is 0 Å². The van der Waals surface area contributed by atoms with Crippen molar-refractivity contribution < 1.29 is 8.78 Å². The number of aromatic nitrogens is 1. The van der Waals surface area contributed by atoms with E-state index in [9.17, 15) is 8.78 Å². The topological polar surface area (TPSA) is 12.9 Å². The molecule has 0 aliphatic rings. The molecule has 0 unspecified atom stereocenters. The highest BCUT2D eigenvalue weighted by molar-refractivity contribution is 9.10. The summed E-state index contributed by atoms with van der Waals surface area (Å²) in [4.78, 5) is 3.32. The first-order valence-electron chi connectivity index (χ1n) is 4.15. The number of benzene rings is 1. The molecule has 0 spiro atoms. The van der Waals surface area contributed by atoms with Crippen molar-refractivity contribution in [3.8, 4) is 11.1 Å². The van der Waals surface area contributed by atoms with E-state index in [0.29, 0.717) is 5.56 Å². The Balaban J connectivity index is 2.50. The lowest BCUT2D eigenvalue weighted by atomic mass is 10.1. The highest BCUT2D eigenvalue weighted by Gasteiger charge is 2.05. The fourth-order valence-corrected chi connectivity index (χ4v) is 1.57. The van der Waals surface area contributed by atoms with Gasteiger partial charge >= 0.3 is 0 Å². The average molecular weight is 269 g/mol. The standard InChI is InChI=1S/C11H5BrF2N/c12-9-3-1-2-7(4-9)8-5-10(13)11(14)15-6-8/h1-2,4-6H. The van der Waals surface area contributed by atoms with Crippen molar-refractivity contribution in [1.29, 1.82) is 0 Å². The third-order valence-corrected chi connectivity index (χ3v) is 2.35. The van der Waals surface area contributed by atoms with Crippen molar-refractivity contribution in [3.63, 3.8) is 0 Å². The van der Waals surface area contributed by atoms with E-state index in [-0.39, 0.29) is 0 Å². The van der Waals surface area contributed by atoms with Crippen LogP contribution in [0.1, 0.15) is 0 Å². The first-order chi connectivity index (χ1) is 7.16. The minimum atomic E-state index is -1.08. The molecule has 0 aliphatic carbocycles. The maximum atomic E-state index is 12.9. The van der Waals surface area contributed by atoms with Crippen LogP contribution in [0, 0.1) is 17.8 Å². The van der Waals surface area contributed by atoms with Crippen LogP contribution in [0.5, 0.6) is 0 Å². The van der Waals surface area contributed by atoms with E-state index in [0.717, 1.165) is 16.1 Å². The molecule has 0 bridgehead atoms. The molecule has 0 atom stereocenters. The van der Waals surface area contributed by atoms with E-state index < -0.39 is 11.8 Å². The number of hydrogen-bond donors (Lipinski definition) is 0. The molecule has 4 heteroatoms. The van der Waals surface area contributed by atoms with Gasteiger partial charge in [0, 0.05) is 16.2 Å². The minimum Gasteiger partial charge on any atom is -0.225 e. The summed E-state index contributed by atoms with van der Waals surface area (Å²) in [6.07, 6.45) is 1.29. The molecule has 15 heavy (non-hydrogen) atoms. The predicted octanol–water partition coefficient (Wildman–Crippen LogP) is 3.59. The lowest BCUT2D eigenvalue weighted by molar-refractivity contribution is 0.480. The summed E-state index contributed by atoms with van der Waals surface area (Å²) >= 11 is 3.25. The molecule has 0 aliphatic heterocycles. The molecular weight excluding hydrogens is 264 g/mol. The second kappa shape index (κ2) is 4.06. The van der Waals surface area contributed by atoms with E-state index in [4.69, 9.17) is 0 Å². The Morgan fingerprint density at radius 2 is 2.00 bits per heavy atom. The van der Waals surface area contributed by atoms with Crippen molar-refractivity contribution in [3.05, 3.63) is 52.8 Å². The molecule has 0 saturated carbocycles. The van der Waals surface area contributed by atoms with Crippen LogP contribution in [0.25, 0.3) is 11.1 Å². The molecule has 1 heterocycles. The monoisotopic (exact) mass is 268 g/mol. The van der Waals surface area contributed by atoms with Crippen LogP contribution in [-0.4, -0.2) is 4.98 Å². The Morgan fingerprint density at radius 3 is 2.67 bits per heavy atom. The second-order valence-electron chi connectivity index (χ2n) is 2.92. The van der Waals surface area contributed by atoms with Gasteiger partial charge in [0.2, 0.25) is 5.95 Å². The lowest BCUT2D eigenvalue weighted by Crippen LogP contribution is -1.90. The number of rotatable bonds is 1. The summed E-state index contributed by atoms with van der Waals surface area (Å²) in [5, 5.41) is 0. The molecule has 0 saturated heterocycles. The van der Waals surface area contributed by atoms with Gasteiger partial charge in [-0.1, -0.05) is 28.1 Å². The Hall–Kier alpha value is -1.29. The van der Waals surface area contributed by atoms with Crippen molar-refractivity contribution in [1.82, 2.24) is 4.98 Å². The van der Waals surface area contributed by atoms with Crippen molar-refractivity contribution in [2.75, 3.05) is 0 Å². The van der Waals surface area contributed by atoms with Gasteiger partial charge in [0.15, 0.2) is 5.82 Å². The van der Waals surface area contributed by atoms with Gasteiger partial charge in [-0.25, -0.2) is 9.37 Å². The smallest absolute Gasteiger partial charge is 0.225 e. The summed E-state index contributed by atoms with van der Waals surface area (Å²) in [6.45, 7) is 0. The van der Waals surface area contributed by atoms with Crippen LogP contribution in [0.2, 0.25) is 0 Å². The van der Waals surface area contributed by atoms with E-state index in [1.807, 2.05) is 0 Å². The zero-order valence-corrected chi connectivity index (χ0v) is 9.05. The highest BCUT2D eigenvalue weighted by atomic mass is 79.9. The van der Waals surface area contributed by atoms with Crippen molar-refractivity contribution in [2.45, 2.75) is 0 Å². The number of nitrogens with zero attached hydrogens (tertiary/aromatic N) is 1. The summed E-state index contributed by atoms with van der Waals surface area (Å²) in [6, 6.07) is 9.21. The number of hydrogen-bond acceptors (Lipinski definition) is 1. The van der Waals surface area contributed by atoms with Gasteiger partial charge in [0.25, 0.3) is 0 Å². The third-order valence-electron chi connectivity index (χ3n) is 1.90. The van der Waals surface area contributed by atoms with Gasteiger partial charge in [-0.15, -0.1) is 0 Å². The van der Waals surface area contributed by atoms with Crippen LogP contribution in [-0.2, 0) is 0 Å². The molecular formula is C11H5BrF2N. The van der Waals surface area contributed by atoms with Gasteiger partial charge in [-0.3, -0.25) is 0 Å². The first kappa shape index (κ1) is 10.2. The van der Waals surface area contributed by atoms with E-state index in [1.165, 1.54) is 6.20 Å². The average Bonchev–Trinajstić information content (AvgIpc) is 2.22. The van der Waals surface area contributed by atoms with Crippen LogP contribution in [0.4, 0.5) is 8.78 Å². The molecule has 1 radical (unpaired) electrons. The molecule has 1 aromatic heterocycles. The number of pyridine rings is 1. The minimum absolute atomic E-state index is 0.531. The van der Waals surface area contributed by atoms with Crippen molar-refractivity contribution >= 4 is 15.9 Å². The largest absolute Gasteiger partial charge is 0.248 e. The maximum absolute atomic E-state index is 12.9. The fraction of sp³-hybridized carbons (Fsp3) is 0. The van der Waals surface area contributed by atoms with E-state index in [2.05, 4.69) is 27.0 Å². The highest BCUT2D eigenvalue weighted by Crippen LogP contribution is 2.22. The van der Waals surface area contributed by atoms with Crippen LogP contribution in [0.15, 0.2) is 34.9 Å². The Bertz CT molecular complexity index is 500. The predicted molar refractivity (Wildman–Crippen MR) is 56.1 cm³/mol. The Labute approximate surface area is 93.9 Å². The zero-order valence-electron chi connectivity index (χ0n) is 7.47. The SMILES string of the molecule is Fc1cc(-c2cc[c]c(Br)c2)cnc1F. The van der Waals surface area contributed by atoms with E-state index >= 15 is 0 Å². The van der Waals surface area contributed by atoms with E-state index in [1.54, 1.807) is 18.2 Å². The van der Waals surface area contributed by atoms with Crippen LogP contribution < -0.4 is 0 Å². The quantitative estimate of drug-likeness (QED) is 0.721. The van der Waals surface area contributed by atoms with Gasteiger partial charge in [0.1, 0.15) is 0 Å². The molecule has 1 nitrogen and oxygen atoms in total. The van der Waals surface area contributed by atoms with Gasteiger partial charge in [0.05, 0.1) is 0 Å². The summed E-state index contributed by atoms with van der Waals surface area (Å²) in [5.41, 5.74) is 1.29. The molecule has 0 amide bonds. The summed E-state index contributed by atoms with van der Waals surface area (Å²) < 4.78 is 26.3. The molecule has 2 aromatic rings. The fourth-order valence-electron chi connectivity index (χ4n) is 1.20. The van der Waals surface area contributed by atoms with Crippen LogP contribution >= 0.6 is 15.9 Å². The molecule has 0 N–H and O–H groups in total. The second-order valence-corrected chi connectivity index (χ2v) is 3.78. The number of halogens is 3. The Morgan fingerprint density at radius 1 is 1.20 bits per heavy atom. The Kier molecular flexibility index (Phi) is 2.77. The van der Waals surface area contributed by atoms with Gasteiger partial charge < -0.3 is 0 Å². The summed E-state index contributed by atoms with van der Waals surface area (Å²) in [5.74, 6) is -2.03. The zero-order chi connectivity index (χ0) is 10.8. The first-order valence-corrected chi connectivity index (χ1v) is 4.95. The normalized spacial score (nSPS) is 10.3. The van der Waals surface area contributed by atoms with Gasteiger partial charge in [-0.05, 0) is 23.8 Å². The van der Waals surface area contributed by atoms with Gasteiger partial charge in [-0.2, -0.15) is 4.39 Å². The third kappa shape index (κ3) is 2.21.